The van der Waals surface area contributed by atoms with Crippen LogP contribution in [0.1, 0.15) is 51.1 Å². The van der Waals surface area contributed by atoms with Crippen LogP contribution in [-0.2, 0) is 9.53 Å². The van der Waals surface area contributed by atoms with Crippen molar-refractivity contribution in [3.63, 3.8) is 0 Å². The van der Waals surface area contributed by atoms with Gasteiger partial charge in [-0.2, -0.15) is 5.26 Å². The summed E-state index contributed by atoms with van der Waals surface area (Å²) in [4.78, 5) is 11.9. The molecule has 4 nitrogen and oxygen atoms in total. The van der Waals surface area contributed by atoms with Crippen molar-refractivity contribution in [1.29, 1.82) is 5.26 Å². The van der Waals surface area contributed by atoms with Gasteiger partial charge in [0.05, 0.1) is 6.61 Å². The minimum Gasteiger partial charge on any atom is -0.462 e. The van der Waals surface area contributed by atoms with Crippen LogP contribution in [0.5, 0.6) is 0 Å². The highest BCUT2D eigenvalue weighted by Gasteiger charge is 2.14. The maximum Gasteiger partial charge on any atom is 0.349 e. The molecule has 21 heavy (non-hydrogen) atoms. The van der Waals surface area contributed by atoms with E-state index in [1.807, 2.05) is 6.07 Å². The van der Waals surface area contributed by atoms with E-state index in [1.54, 1.807) is 19.1 Å². The van der Waals surface area contributed by atoms with Gasteiger partial charge in [0.25, 0.3) is 0 Å². The molecule has 0 aromatic carbocycles. The Morgan fingerprint density at radius 1 is 1.48 bits per heavy atom. The van der Waals surface area contributed by atoms with E-state index in [4.69, 9.17) is 14.4 Å². The van der Waals surface area contributed by atoms with Gasteiger partial charge in [0, 0.05) is 6.08 Å². The van der Waals surface area contributed by atoms with E-state index in [9.17, 15) is 4.79 Å². The summed E-state index contributed by atoms with van der Waals surface area (Å²) in [5, 5.41) is 9.07. The third-order valence-corrected chi connectivity index (χ3v) is 3.38. The van der Waals surface area contributed by atoms with Crippen LogP contribution in [0.25, 0.3) is 6.08 Å². The maximum absolute atomic E-state index is 11.9. The first-order valence-electron chi connectivity index (χ1n) is 7.46. The molecule has 1 atom stereocenters. The van der Waals surface area contributed by atoms with E-state index < -0.39 is 5.97 Å². The van der Waals surface area contributed by atoms with Crippen LogP contribution in [0, 0.1) is 24.2 Å². The third kappa shape index (κ3) is 5.86. The molecule has 1 heterocycles. The number of furan rings is 1. The first-order chi connectivity index (χ1) is 10.1. The molecule has 0 radical (unpaired) electrons. The Kier molecular flexibility index (Phi) is 7.31. The maximum atomic E-state index is 11.9. The predicted octanol–water partition coefficient (Wildman–Crippen LogP) is 4.25. The minimum atomic E-state index is -0.582. The van der Waals surface area contributed by atoms with Gasteiger partial charge in [-0.05, 0) is 31.4 Å². The molecule has 1 aromatic heterocycles. The molecule has 0 aliphatic rings. The first-order valence-corrected chi connectivity index (χ1v) is 7.46. The van der Waals surface area contributed by atoms with Crippen LogP contribution in [0.4, 0.5) is 0 Å². The second-order valence-electron chi connectivity index (χ2n) is 5.13. The largest absolute Gasteiger partial charge is 0.462 e. The molecule has 0 saturated heterocycles. The fraction of sp³-hybridized carbons (Fsp3) is 0.529. The fourth-order valence-electron chi connectivity index (χ4n) is 1.98. The molecule has 0 aliphatic heterocycles. The van der Waals surface area contributed by atoms with Crippen LogP contribution < -0.4 is 0 Å². The van der Waals surface area contributed by atoms with Crippen molar-refractivity contribution in [2.45, 2.75) is 46.5 Å². The van der Waals surface area contributed by atoms with Crippen molar-refractivity contribution in [2.24, 2.45) is 5.92 Å². The first kappa shape index (κ1) is 17.0. The summed E-state index contributed by atoms with van der Waals surface area (Å²) in [5.74, 6) is 0.998. The summed E-state index contributed by atoms with van der Waals surface area (Å²) in [6, 6.07) is 5.37. The van der Waals surface area contributed by atoms with E-state index in [-0.39, 0.29) is 5.57 Å². The van der Waals surface area contributed by atoms with E-state index in [0.717, 1.165) is 31.4 Å². The number of nitriles is 1. The number of hydrogen-bond acceptors (Lipinski definition) is 4. The topological polar surface area (TPSA) is 63.2 Å². The number of esters is 1. The normalized spacial score (nSPS) is 12.8. The average molecular weight is 289 g/mol. The van der Waals surface area contributed by atoms with Crippen molar-refractivity contribution < 1.29 is 13.9 Å². The van der Waals surface area contributed by atoms with E-state index in [2.05, 4.69) is 13.8 Å². The van der Waals surface area contributed by atoms with Crippen LogP contribution in [-0.4, -0.2) is 12.6 Å². The molecule has 4 heteroatoms. The molecule has 0 aliphatic carbocycles. The number of carbonyl (C=O) groups is 1. The molecule has 0 saturated carbocycles. The highest BCUT2D eigenvalue weighted by atomic mass is 16.5. The summed E-state index contributed by atoms with van der Waals surface area (Å²) in [6.07, 6.45) is 5.69. The van der Waals surface area contributed by atoms with Crippen molar-refractivity contribution in [1.82, 2.24) is 0 Å². The van der Waals surface area contributed by atoms with E-state index >= 15 is 0 Å². The number of unbranched alkanes of at least 4 members (excludes halogenated alkanes) is 1. The van der Waals surface area contributed by atoms with Gasteiger partial charge in [0.1, 0.15) is 23.2 Å². The lowest BCUT2D eigenvalue weighted by Gasteiger charge is -2.14. The van der Waals surface area contributed by atoms with Gasteiger partial charge in [0.2, 0.25) is 0 Å². The molecule has 0 N–H and O–H groups in total. The zero-order chi connectivity index (χ0) is 15.7. The van der Waals surface area contributed by atoms with Gasteiger partial charge < -0.3 is 9.15 Å². The van der Waals surface area contributed by atoms with E-state index in [0.29, 0.717) is 18.3 Å². The lowest BCUT2D eigenvalue weighted by Crippen LogP contribution is -2.14. The Morgan fingerprint density at radius 2 is 2.24 bits per heavy atom. The zero-order valence-electron chi connectivity index (χ0n) is 13.0. The second kappa shape index (κ2) is 9.02. The van der Waals surface area contributed by atoms with Crippen LogP contribution in [0.2, 0.25) is 0 Å². The molecule has 1 unspecified atom stereocenters. The number of ether oxygens (including phenoxy) is 1. The van der Waals surface area contributed by atoms with Crippen molar-refractivity contribution in [3.8, 4) is 6.07 Å². The smallest absolute Gasteiger partial charge is 0.349 e. The monoisotopic (exact) mass is 289 g/mol. The predicted molar refractivity (Wildman–Crippen MR) is 81.3 cm³/mol. The van der Waals surface area contributed by atoms with E-state index in [1.165, 1.54) is 6.08 Å². The number of rotatable bonds is 8. The van der Waals surface area contributed by atoms with Gasteiger partial charge in [-0.25, -0.2) is 4.79 Å². The number of carbonyl (C=O) groups excluding carboxylic acids is 1. The summed E-state index contributed by atoms with van der Waals surface area (Å²) in [5.41, 5.74) is -0.0327. The second-order valence-corrected chi connectivity index (χ2v) is 5.13. The highest BCUT2D eigenvalue weighted by Crippen LogP contribution is 2.15. The lowest BCUT2D eigenvalue weighted by molar-refractivity contribution is -0.139. The number of nitrogens with zero attached hydrogens (tertiary/aromatic N) is 1. The average Bonchev–Trinajstić information content (AvgIpc) is 2.90. The van der Waals surface area contributed by atoms with Gasteiger partial charge in [0.15, 0.2) is 0 Å². The fourth-order valence-corrected chi connectivity index (χ4v) is 1.98. The molecule has 1 rings (SSSR count). The summed E-state index contributed by atoms with van der Waals surface area (Å²) < 4.78 is 10.6. The molecular formula is C17H23NO3. The number of hydrogen-bond donors (Lipinski definition) is 0. The third-order valence-electron chi connectivity index (χ3n) is 3.38. The van der Waals surface area contributed by atoms with Crippen molar-refractivity contribution in [3.05, 3.63) is 29.2 Å². The van der Waals surface area contributed by atoms with Crippen LogP contribution >= 0.6 is 0 Å². The summed E-state index contributed by atoms with van der Waals surface area (Å²) in [7, 11) is 0. The Labute approximate surface area is 126 Å². The Bertz CT molecular complexity index is 522. The van der Waals surface area contributed by atoms with Gasteiger partial charge >= 0.3 is 5.97 Å². The van der Waals surface area contributed by atoms with Crippen molar-refractivity contribution >= 4 is 12.0 Å². The zero-order valence-corrected chi connectivity index (χ0v) is 13.0. The summed E-state index contributed by atoms with van der Waals surface area (Å²) >= 11 is 0. The quantitative estimate of drug-likeness (QED) is 0.407. The lowest BCUT2D eigenvalue weighted by atomic mass is 10.0. The SMILES string of the molecule is CCCCC(CC)COC(=O)/C(C#N)=C/c1ccc(C)o1. The highest BCUT2D eigenvalue weighted by molar-refractivity contribution is 5.97. The Balaban J connectivity index is 2.59. The molecule has 0 bridgehead atoms. The Hall–Kier alpha value is -2.02. The molecule has 114 valence electrons. The van der Waals surface area contributed by atoms with Gasteiger partial charge in [-0.15, -0.1) is 0 Å². The molecular weight excluding hydrogens is 266 g/mol. The summed E-state index contributed by atoms with van der Waals surface area (Å²) in [6.45, 7) is 6.40. The number of aryl methyl sites for hydroxylation is 1. The van der Waals surface area contributed by atoms with Crippen LogP contribution in [0.15, 0.2) is 22.1 Å². The van der Waals surface area contributed by atoms with Crippen LogP contribution in [0.3, 0.4) is 0 Å². The molecule has 0 amide bonds. The van der Waals surface area contributed by atoms with Crippen molar-refractivity contribution in [2.75, 3.05) is 6.61 Å². The molecule has 0 spiro atoms. The minimum absolute atomic E-state index is 0.0327. The molecule has 1 aromatic rings. The standard InChI is InChI=1S/C17H23NO3/c1-4-6-7-14(5-2)12-20-17(19)15(11-18)10-16-9-8-13(3)21-16/h8-10,14H,4-7,12H2,1-3H3/b15-10+. The Morgan fingerprint density at radius 3 is 2.76 bits per heavy atom. The van der Waals surface area contributed by atoms with Gasteiger partial charge in [-0.1, -0.05) is 33.1 Å². The van der Waals surface area contributed by atoms with Gasteiger partial charge in [-0.3, -0.25) is 0 Å². The molecule has 0 fully saturated rings.